The Morgan fingerprint density at radius 2 is 2.04 bits per heavy atom. The van der Waals surface area contributed by atoms with Crippen LogP contribution >= 0.6 is 0 Å². The number of hydrogen-bond acceptors (Lipinski definition) is 4. The van der Waals surface area contributed by atoms with Crippen molar-refractivity contribution in [1.29, 1.82) is 0 Å². The van der Waals surface area contributed by atoms with Crippen LogP contribution < -0.4 is 16.2 Å². The zero-order chi connectivity index (χ0) is 18.6. The molecule has 0 aliphatic rings. The van der Waals surface area contributed by atoms with E-state index in [1.54, 1.807) is 26.0 Å². The first-order valence-corrected chi connectivity index (χ1v) is 8.21. The van der Waals surface area contributed by atoms with Crippen LogP contribution in [0.4, 0.5) is 16.0 Å². The van der Waals surface area contributed by atoms with E-state index in [0.29, 0.717) is 16.9 Å². The fourth-order valence-electron chi connectivity index (χ4n) is 2.29. The van der Waals surface area contributed by atoms with Crippen molar-refractivity contribution >= 4 is 17.5 Å². The van der Waals surface area contributed by atoms with Gasteiger partial charge in [-0.1, -0.05) is 6.92 Å². The molecule has 25 heavy (non-hydrogen) atoms. The molecule has 7 heteroatoms. The molecule has 1 atom stereocenters. The van der Waals surface area contributed by atoms with E-state index < -0.39 is 0 Å². The second-order valence-corrected chi connectivity index (χ2v) is 6.11. The standard InChI is InChI=1S/C18H23FN4O2/c1-5-12(3)20-16(24)10-23-17(25)9-13(4)21-18(23)22-14-6-7-15(19)11(2)8-14/h6-9,12H,5,10H2,1-4H3,(H,20,24)(H,21,22)/t12-/m0/s1. The van der Waals surface area contributed by atoms with Crippen LogP contribution in [0.25, 0.3) is 0 Å². The highest BCUT2D eigenvalue weighted by Crippen LogP contribution is 2.17. The third kappa shape index (κ3) is 4.89. The first kappa shape index (κ1) is 18.6. The van der Waals surface area contributed by atoms with Crippen LogP contribution in [-0.2, 0) is 11.3 Å². The van der Waals surface area contributed by atoms with Crippen LogP contribution in [0, 0.1) is 19.7 Å². The Labute approximate surface area is 146 Å². The lowest BCUT2D eigenvalue weighted by Crippen LogP contribution is -2.37. The number of nitrogens with one attached hydrogen (secondary N) is 2. The van der Waals surface area contributed by atoms with Gasteiger partial charge in [-0.25, -0.2) is 9.37 Å². The summed E-state index contributed by atoms with van der Waals surface area (Å²) in [4.78, 5) is 28.8. The predicted molar refractivity (Wildman–Crippen MR) is 95.5 cm³/mol. The molecule has 1 aromatic heterocycles. The summed E-state index contributed by atoms with van der Waals surface area (Å²) in [6, 6.07) is 5.91. The topological polar surface area (TPSA) is 76.0 Å². The summed E-state index contributed by atoms with van der Waals surface area (Å²) in [6.45, 7) is 7.07. The maximum atomic E-state index is 13.4. The van der Waals surface area contributed by atoms with E-state index in [1.165, 1.54) is 16.7 Å². The van der Waals surface area contributed by atoms with Gasteiger partial charge >= 0.3 is 0 Å². The normalized spacial score (nSPS) is 11.9. The molecule has 0 spiro atoms. The first-order valence-electron chi connectivity index (χ1n) is 8.21. The molecule has 0 saturated heterocycles. The highest BCUT2D eigenvalue weighted by Gasteiger charge is 2.13. The molecule has 0 unspecified atom stereocenters. The van der Waals surface area contributed by atoms with E-state index in [-0.39, 0.29) is 35.8 Å². The number of amides is 1. The van der Waals surface area contributed by atoms with Crippen LogP contribution in [0.5, 0.6) is 0 Å². The Kier molecular flexibility index (Phi) is 5.90. The van der Waals surface area contributed by atoms with Gasteiger partial charge in [-0.15, -0.1) is 0 Å². The van der Waals surface area contributed by atoms with Crippen LogP contribution in [-0.4, -0.2) is 21.5 Å². The SMILES string of the molecule is CC[C@H](C)NC(=O)Cn1c(Nc2ccc(F)c(C)c2)nc(C)cc1=O. The fourth-order valence-corrected chi connectivity index (χ4v) is 2.29. The van der Waals surface area contributed by atoms with Crippen molar-refractivity contribution in [1.82, 2.24) is 14.9 Å². The third-order valence-electron chi connectivity index (χ3n) is 3.87. The average Bonchev–Trinajstić information content (AvgIpc) is 2.54. The number of benzene rings is 1. The largest absolute Gasteiger partial charge is 0.352 e. The zero-order valence-corrected chi connectivity index (χ0v) is 14.9. The Hall–Kier alpha value is -2.70. The minimum atomic E-state index is -0.326. The molecular weight excluding hydrogens is 323 g/mol. The molecule has 0 aliphatic carbocycles. The van der Waals surface area contributed by atoms with Gasteiger partial charge in [0.25, 0.3) is 5.56 Å². The van der Waals surface area contributed by atoms with Crippen molar-refractivity contribution in [3.8, 4) is 0 Å². The number of hydrogen-bond donors (Lipinski definition) is 2. The first-order chi connectivity index (χ1) is 11.8. The monoisotopic (exact) mass is 346 g/mol. The van der Waals surface area contributed by atoms with Crippen LogP contribution in [0.2, 0.25) is 0 Å². The molecule has 1 heterocycles. The van der Waals surface area contributed by atoms with Crippen LogP contribution in [0.1, 0.15) is 31.5 Å². The van der Waals surface area contributed by atoms with Crippen molar-refractivity contribution in [3.05, 3.63) is 51.7 Å². The number of nitrogens with zero attached hydrogens (tertiary/aromatic N) is 2. The molecule has 0 saturated carbocycles. The van der Waals surface area contributed by atoms with Crippen LogP contribution in [0.15, 0.2) is 29.1 Å². The van der Waals surface area contributed by atoms with Gasteiger partial charge in [-0.05, 0) is 51.0 Å². The average molecular weight is 346 g/mol. The van der Waals surface area contributed by atoms with E-state index in [1.807, 2.05) is 13.8 Å². The van der Waals surface area contributed by atoms with E-state index in [2.05, 4.69) is 15.6 Å². The summed E-state index contributed by atoms with van der Waals surface area (Å²) in [5.74, 6) is -0.330. The number of carbonyl (C=O) groups is 1. The maximum Gasteiger partial charge on any atom is 0.255 e. The summed E-state index contributed by atoms with van der Waals surface area (Å²) >= 11 is 0. The number of carbonyl (C=O) groups excluding carboxylic acids is 1. The van der Waals surface area contributed by atoms with E-state index in [9.17, 15) is 14.0 Å². The lowest BCUT2D eigenvalue weighted by molar-refractivity contribution is -0.122. The summed E-state index contributed by atoms with van der Waals surface area (Å²) in [6.07, 6.45) is 0.798. The molecule has 0 aliphatic heterocycles. The summed E-state index contributed by atoms with van der Waals surface area (Å²) in [7, 11) is 0. The van der Waals surface area contributed by atoms with Gasteiger partial charge in [0.05, 0.1) is 0 Å². The molecule has 1 aromatic carbocycles. The molecule has 1 amide bonds. The van der Waals surface area contributed by atoms with Gasteiger partial charge in [0, 0.05) is 23.5 Å². The highest BCUT2D eigenvalue weighted by molar-refractivity contribution is 5.76. The zero-order valence-electron chi connectivity index (χ0n) is 14.9. The van der Waals surface area contributed by atoms with Gasteiger partial charge in [0.2, 0.25) is 11.9 Å². The third-order valence-corrected chi connectivity index (χ3v) is 3.87. The number of aromatic nitrogens is 2. The van der Waals surface area contributed by atoms with Gasteiger partial charge < -0.3 is 10.6 Å². The number of anilines is 2. The predicted octanol–water partition coefficient (Wildman–Crippen LogP) is 2.66. The maximum absolute atomic E-state index is 13.4. The van der Waals surface area contributed by atoms with E-state index in [0.717, 1.165) is 6.42 Å². The molecule has 2 rings (SSSR count). The summed E-state index contributed by atoms with van der Waals surface area (Å²) < 4.78 is 14.7. The molecule has 2 aromatic rings. The minimum absolute atomic E-state index is 0.0257. The van der Waals surface area contributed by atoms with Gasteiger partial charge in [0.1, 0.15) is 12.4 Å². The molecule has 2 N–H and O–H groups in total. The van der Waals surface area contributed by atoms with Gasteiger partial charge in [-0.3, -0.25) is 14.2 Å². The molecule has 134 valence electrons. The highest BCUT2D eigenvalue weighted by atomic mass is 19.1. The second kappa shape index (κ2) is 7.92. The number of rotatable bonds is 6. The molecule has 0 radical (unpaired) electrons. The lowest BCUT2D eigenvalue weighted by atomic mass is 10.2. The Morgan fingerprint density at radius 1 is 1.32 bits per heavy atom. The Balaban J connectivity index is 2.32. The minimum Gasteiger partial charge on any atom is -0.352 e. The van der Waals surface area contributed by atoms with Crippen molar-refractivity contribution in [2.24, 2.45) is 0 Å². The fraction of sp³-hybridized carbons (Fsp3) is 0.389. The summed E-state index contributed by atoms with van der Waals surface area (Å²) in [5, 5.41) is 5.82. The number of halogens is 1. The van der Waals surface area contributed by atoms with Crippen molar-refractivity contribution in [3.63, 3.8) is 0 Å². The van der Waals surface area contributed by atoms with Crippen molar-refractivity contribution in [2.75, 3.05) is 5.32 Å². The quantitative estimate of drug-likeness (QED) is 0.843. The summed E-state index contributed by atoms with van der Waals surface area (Å²) in [5.41, 5.74) is 1.27. The van der Waals surface area contributed by atoms with Crippen molar-refractivity contribution < 1.29 is 9.18 Å². The Morgan fingerprint density at radius 3 is 2.68 bits per heavy atom. The molecule has 0 fully saturated rings. The molecule has 0 bridgehead atoms. The van der Waals surface area contributed by atoms with Gasteiger partial charge in [0.15, 0.2) is 0 Å². The molecular formula is C18H23FN4O2. The second-order valence-electron chi connectivity index (χ2n) is 6.11. The van der Waals surface area contributed by atoms with E-state index >= 15 is 0 Å². The Bertz CT molecular complexity index is 832. The lowest BCUT2D eigenvalue weighted by Gasteiger charge is -2.16. The van der Waals surface area contributed by atoms with Crippen molar-refractivity contribution in [2.45, 2.75) is 46.7 Å². The number of aryl methyl sites for hydroxylation is 2. The van der Waals surface area contributed by atoms with E-state index in [4.69, 9.17) is 0 Å². The molecule has 6 nitrogen and oxygen atoms in total. The van der Waals surface area contributed by atoms with Crippen LogP contribution in [0.3, 0.4) is 0 Å². The van der Waals surface area contributed by atoms with Gasteiger partial charge in [-0.2, -0.15) is 0 Å². The smallest absolute Gasteiger partial charge is 0.255 e.